The summed E-state index contributed by atoms with van der Waals surface area (Å²) in [5.41, 5.74) is 3.61. The Bertz CT molecular complexity index is 1390. The zero-order chi connectivity index (χ0) is 22.6. The summed E-state index contributed by atoms with van der Waals surface area (Å²) in [4.78, 5) is 15.8. The standard InChI is InChI=1S/C25H21N5O2S/c1-32-19-13-11-18(12-14-19)30-24(21-15-26-22-10-6-5-9-20(21)22)28-29-25(30)33-16-23(31)27-17-7-3-2-4-8-17/h2-15,26H,16H2,1H3,(H,27,31). The molecule has 0 spiro atoms. The average molecular weight is 456 g/mol. The Labute approximate surface area is 194 Å². The molecule has 0 saturated carbocycles. The van der Waals surface area contributed by atoms with E-state index in [1.165, 1.54) is 11.8 Å². The number of H-pyrrole nitrogens is 1. The van der Waals surface area contributed by atoms with Crippen LogP contribution in [0.15, 0.2) is 90.2 Å². The zero-order valence-corrected chi connectivity index (χ0v) is 18.7. The normalized spacial score (nSPS) is 10.9. The molecule has 5 aromatic rings. The molecule has 0 saturated heterocycles. The summed E-state index contributed by atoms with van der Waals surface area (Å²) in [5.74, 6) is 1.56. The van der Waals surface area contributed by atoms with Gasteiger partial charge in [0.1, 0.15) is 5.75 Å². The van der Waals surface area contributed by atoms with E-state index in [-0.39, 0.29) is 11.7 Å². The molecule has 0 radical (unpaired) electrons. The number of nitrogens with one attached hydrogen (secondary N) is 2. The zero-order valence-electron chi connectivity index (χ0n) is 17.9. The molecule has 3 aromatic carbocycles. The number of carbonyl (C=O) groups is 1. The molecular weight excluding hydrogens is 434 g/mol. The van der Waals surface area contributed by atoms with Crippen LogP contribution in [0.1, 0.15) is 0 Å². The van der Waals surface area contributed by atoms with Gasteiger partial charge < -0.3 is 15.0 Å². The molecule has 2 aromatic heterocycles. The Morgan fingerprint density at radius 1 is 1.00 bits per heavy atom. The molecular formula is C25H21N5O2S. The van der Waals surface area contributed by atoms with Crippen LogP contribution in [0.25, 0.3) is 28.0 Å². The van der Waals surface area contributed by atoms with Crippen LogP contribution in [-0.4, -0.2) is 38.5 Å². The van der Waals surface area contributed by atoms with Gasteiger partial charge in [0.2, 0.25) is 5.91 Å². The lowest BCUT2D eigenvalue weighted by Crippen LogP contribution is -2.14. The third kappa shape index (κ3) is 4.33. The van der Waals surface area contributed by atoms with E-state index in [0.717, 1.165) is 33.6 Å². The van der Waals surface area contributed by atoms with Crippen molar-refractivity contribution in [2.24, 2.45) is 0 Å². The molecule has 0 unspecified atom stereocenters. The van der Waals surface area contributed by atoms with Crippen molar-refractivity contribution in [1.82, 2.24) is 19.7 Å². The molecule has 0 atom stereocenters. The first-order valence-electron chi connectivity index (χ1n) is 10.4. The van der Waals surface area contributed by atoms with Crippen molar-refractivity contribution in [3.8, 4) is 22.8 Å². The molecule has 0 aliphatic heterocycles. The fourth-order valence-corrected chi connectivity index (χ4v) is 4.36. The first-order chi connectivity index (χ1) is 16.2. The van der Waals surface area contributed by atoms with Gasteiger partial charge in [0.15, 0.2) is 11.0 Å². The molecule has 0 bridgehead atoms. The quantitative estimate of drug-likeness (QED) is 0.331. The molecule has 2 heterocycles. The molecule has 5 rings (SSSR count). The van der Waals surface area contributed by atoms with Gasteiger partial charge in [0, 0.05) is 34.0 Å². The number of rotatable bonds is 7. The second kappa shape index (κ2) is 9.22. The molecule has 8 heteroatoms. The van der Waals surface area contributed by atoms with E-state index >= 15 is 0 Å². The maximum Gasteiger partial charge on any atom is 0.234 e. The summed E-state index contributed by atoms with van der Waals surface area (Å²) in [6.45, 7) is 0. The Morgan fingerprint density at radius 2 is 1.76 bits per heavy atom. The van der Waals surface area contributed by atoms with Crippen molar-refractivity contribution in [2.75, 3.05) is 18.2 Å². The fraction of sp³-hybridized carbons (Fsp3) is 0.0800. The van der Waals surface area contributed by atoms with E-state index < -0.39 is 0 Å². The summed E-state index contributed by atoms with van der Waals surface area (Å²) in [5, 5.41) is 13.5. The van der Waals surface area contributed by atoms with Gasteiger partial charge in [-0.05, 0) is 42.5 Å². The smallest absolute Gasteiger partial charge is 0.234 e. The van der Waals surface area contributed by atoms with Crippen molar-refractivity contribution in [3.05, 3.63) is 85.1 Å². The van der Waals surface area contributed by atoms with Gasteiger partial charge in [-0.1, -0.05) is 48.2 Å². The molecule has 33 heavy (non-hydrogen) atoms. The summed E-state index contributed by atoms with van der Waals surface area (Å²) >= 11 is 1.34. The van der Waals surface area contributed by atoms with Crippen LogP contribution in [0.5, 0.6) is 5.75 Å². The van der Waals surface area contributed by atoms with Crippen molar-refractivity contribution < 1.29 is 9.53 Å². The van der Waals surface area contributed by atoms with Gasteiger partial charge in [-0.25, -0.2) is 0 Å². The number of anilines is 1. The van der Waals surface area contributed by atoms with E-state index in [4.69, 9.17) is 4.74 Å². The van der Waals surface area contributed by atoms with Crippen molar-refractivity contribution in [1.29, 1.82) is 0 Å². The molecule has 0 aliphatic carbocycles. The first-order valence-corrected chi connectivity index (χ1v) is 11.4. The highest BCUT2D eigenvalue weighted by Gasteiger charge is 2.20. The lowest BCUT2D eigenvalue weighted by molar-refractivity contribution is -0.113. The molecule has 164 valence electrons. The van der Waals surface area contributed by atoms with Gasteiger partial charge in [0.25, 0.3) is 0 Å². The first kappa shape index (κ1) is 20.8. The second-order valence-corrected chi connectivity index (χ2v) is 8.23. The number of methoxy groups -OCH3 is 1. The summed E-state index contributed by atoms with van der Waals surface area (Å²) < 4.78 is 7.28. The molecule has 0 aliphatic rings. The van der Waals surface area contributed by atoms with Crippen LogP contribution >= 0.6 is 11.8 Å². The minimum atomic E-state index is -0.107. The van der Waals surface area contributed by atoms with Crippen molar-refractivity contribution in [3.63, 3.8) is 0 Å². The van der Waals surface area contributed by atoms with E-state index in [1.54, 1.807) is 7.11 Å². The number of aromatic amines is 1. The van der Waals surface area contributed by atoms with Gasteiger partial charge in [-0.3, -0.25) is 9.36 Å². The monoisotopic (exact) mass is 455 g/mol. The second-order valence-electron chi connectivity index (χ2n) is 7.29. The Morgan fingerprint density at radius 3 is 2.55 bits per heavy atom. The number of thioether (sulfide) groups is 1. The molecule has 0 fully saturated rings. The lowest BCUT2D eigenvalue weighted by atomic mass is 10.1. The topological polar surface area (TPSA) is 84.8 Å². The predicted octanol–water partition coefficient (Wildman–Crippen LogP) is 5.16. The van der Waals surface area contributed by atoms with Crippen LogP contribution in [0, 0.1) is 0 Å². The summed E-state index contributed by atoms with van der Waals surface area (Å²) in [6.07, 6.45) is 1.94. The maximum absolute atomic E-state index is 12.5. The number of carbonyl (C=O) groups excluding carboxylic acids is 1. The Balaban J connectivity index is 1.49. The van der Waals surface area contributed by atoms with Gasteiger partial charge in [-0.2, -0.15) is 0 Å². The van der Waals surface area contributed by atoms with E-state index in [1.807, 2.05) is 89.6 Å². The fourth-order valence-electron chi connectivity index (χ4n) is 3.61. The van der Waals surface area contributed by atoms with E-state index in [9.17, 15) is 4.79 Å². The van der Waals surface area contributed by atoms with Crippen LogP contribution in [-0.2, 0) is 4.79 Å². The van der Waals surface area contributed by atoms with Gasteiger partial charge >= 0.3 is 0 Å². The van der Waals surface area contributed by atoms with Gasteiger partial charge in [0.05, 0.1) is 12.9 Å². The highest BCUT2D eigenvalue weighted by Crippen LogP contribution is 2.33. The highest BCUT2D eigenvalue weighted by molar-refractivity contribution is 7.99. The highest BCUT2D eigenvalue weighted by atomic mass is 32.2. The van der Waals surface area contributed by atoms with Crippen LogP contribution in [0.4, 0.5) is 5.69 Å². The average Bonchev–Trinajstić information content (AvgIpc) is 3.47. The Hall–Kier alpha value is -4.04. The molecule has 2 N–H and O–H groups in total. The maximum atomic E-state index is 12.5. The van der Waals surface area contributed by atoms with E-state index in [2.05, 4.69) is 20.5 Å². The number of hydrogen-bond acceptors (Lipinski definition) is 5. The number of para-hydroxylation sites is 2. The minimum Gasteiger partial charge on any atom is -0.497 e. The molecule has 1 amide bonds. The number of benzene rings is 3. The van der Waals surface area contributed by atoms with Crippen LogP contribution in [0.3, 0.4) is 0 Å². The third-order valence-corrected chi connectivity index (χ3v) is 6.11. The summed E-state index contributed by atoms with van der Waals surface area (Å²) in [7, 11) is 1.64. The summed E-state index contributed by atoms with van der Waals surface area (Å²) in [6, 6.07) is 25.2. The number of aromatic nitrogens is 4. The molecule has 7 nitrogen and oxygen atoms in total. The van der Waals surface area contributed by atoms with E-state index in [0.29, 0.717) is 11.0 Å². The predicted molar refractivity (Wildman–Crippen MR) is 131 cm³/mol. The number of fused-ring (bicyclic) bond motifs is 1. The number of amides is 1. The third-order valence-electron chi connectivity index (χ3n) is 5.18. The van der Waals surface area contributed by atoms with Gasteiger partial charge in [-0.15, -0.1) is 10.2 Å². The largest absolute Gasteiger partial charge is 0.497 e. The Kier molecular flexibility index (Phi) is 5.82. The van der Waals surface area contributed by atoms with Crippen LogP contribution in [0.2, 0.25) is 0 Å². The SMILES string of the molecule is COc1ccc(-n2c(SCC(=O)Nc3ccccc3)nnc2-c2c[nH]c3ccccc23)cc1. The van der Waals surface area contributed by atoms with Crippen molar-refractivity contribution in [2.45, 2.75) is 5.16 Å². The number of nitrogens with zero attached hydrogens (tertiary/aromatic N) is 3. The number of hydrogen-bond donors (Lipinski definition) is 2. The lowest BCUT2D eigenvalue weighted by Gasteiger charge is -2.11. The number of ether oxygens (including phenoxy) is 1. The van der Waals surface area contributed by atoms with Crippen LogP contribution < -0.4 is 10.1 Å². The minimum absolute atomic E-state index is 0.107. The van der Waals surface area contributed by atoms with Crippen molar-refractivity contribution >= 4 is 34.3 Å².